The van der Waals surface area contributed by atoms with Gasteiger partial charge in [0, 0.05) is 44.3 Å². The normalized spacial score (nSPS) is 11.7. The molecule has 0 spiro atoms. The summed E-state index contributed by atoms with van der Waals surface area (Å²) in [7, 11) is 0. The van der Waals surface area contributed by atoms with Gasteiger partial charge in [0.05, 0.1) is 11.4 Å². The average Bonchev–Trinajstić information content (AvgIpc) is 0.693. The maximum atomic E-state index is 2.66. The Morgan fingerprint density at radius 3 is 0.427 bits per heavy atom. The standard InChI is InChI=1S/C94H108N2/c1-49-53(5)65(17)85(66(18)54(49)6)45-77-29-37-81(38-30-77)95(82-39-31-78(32-40-82)46-86-67(19)55(7)50(2)56(8)68(86)20)93-89-73(25)61(13)63(15)75(27)91(89)94(92-76(28)64(16)62(14)74(26)90(92)93)96(83-41-33-79(34-42-83)47-87-69(21)57(9)51(3)58(10)70(87)22)84-43-35-80(36-44-84)48-88-71(23)59(11)52(4)60(12)72(88)24/h29-44H,45-48H2,1-28H3. The van der Waals surface area contributed by atoms with E-state index in [-0.39, 0.29) is 0 Å². The van der Waals surface area contributed by atoms with Gasteiger partial charge in [-0.15, -0.1) is 0 Å². The SMILES string of the molecule is Cc1c(C)c(C)c(Cc2ccc(N(c3ccc(Cc4c(C)c(C)c(C)c(C)c4C)cc3)c3c4c(C)c(C)c(C)c(C)c4c(N(c4ccc(Cc5c(C)c(C)c(C)c(C)c5C)cc4)c4ccc(Cc5c(C)c(C)c(C)c(C)c5C)cc4)c4c(C)c(C)c(C)c(C)c34)cc2)c(C)c1C. The zero-order valence-corrected chi connectivity index (χ0v) is 64.0. The molecule has 0 heterocycles. The Balaban J connectivity index is 1.21. The highest BCUT2D eigenvalue weighted by atomic mass is 15.2. The van der Waals surface area contributed by atoms with Crippen LogP contribution in [-0.4, -0.2) is 0 Å². The van der Waals surface area contributed by atoms with E-state index in [1.165, 1.54) is 233 Å². The molecule has 0 radical (unpaired) electrons. The molecule has 11 aromatic carbocycles. The van der Waals surface area contributed by atoms with Crippen molar-refractivity contribution in [3.63, 3.8) is 0 Å². The highest BCUT2D eigenvalue weighted by Crippen LogP contribution is 2.56. The lowest BCUT2D eigenvalue weighted by Crippen LogP contribution is -2.17. The first-order chi connectivity index (χ1) is 45.3. The molecule has 0 saturated carbocycles. The largest absolute Gasteiger partial charge is 0.309 e. The fourth-order valence-electron chi connectivity index (χ4n) is 16.6. The van der Waals surface area contributed by atoms with Crippen molar-refractivity contribution in [2.75, 3.05) is 9.80 Å². The van der Waals surface area contributed by atoms with E-state index in [0.717, 1.165) is 48.4 Å². The van der Waals surface area contributed by atoms with Gasteiger partial charge in [0.25, 0.3) is 0 Å². The maximum Gasteiger partial charge on any atom is 0.0625 e. The molecule has 11 aromatic rings. The quantitative estimate of drug-likeness (QED) is 0.0791. The lowest BCUT2D eigenvalue weighted by atomic mass is 9.82. The summed E-state index contributed by atoms with van der Waals surface area (Å²) < 4.78 is 0. The third kappa shape index (κ3) is 11.4. The predicted molar refractivity (Wildman–Crippen MR) is 420 cm³/mol. The Labute approximate surface area is 578 Å². The van der Waals surface area contributed by atoms with E-state index in [4.69, 9.17) is 0 Å². The summed E-state index contributed by atoms with van der Waals surface area (Å²) in [5.74, 6) is 0. The van der Waals surface area contributed by atoms with Gasteiger partial charge in [0.2, 0.25) is 0 Å². The van der Waals surface area contributed by atoms with Crippen molar-refractivity contribution in [3.8, 4) is 0 Å². The van der Waals surface area contributed by atoms with Gasteiger partial charge < -0.3 is 9.80 Å². The van der Waals surface area contributed by atoms with Gasteiger partial charge in [-0.3, -0.25) is 0 Å². The number of benzene rings is 11. The van der Waals surface area contributed by atoms with Crippen LogP contribution in [0.2, 0.25) is 0 Å². The van der Waals surface area contributed by atoms with Crippen molar-refractivity contribution in [2.24, 2.45) is 0 Å². The molecule has 0 saturated heterocycles. The zero-order valence-electron chi connectivity index (χ0n) is 64.0. The fourth-order valence-corrected chi connectivity index (χ4v) is 16.6. The summed E-state index contributed by atoms with van der Waals surface area (Å²) in [6.45, 7) is 65.3. The molecule has 0 fully saturated rings. The first kappa shape index (κ1) is 68.9. The summed E-state index contributed by atoms with van der Waals surface area (Å²) in [6.07, 6.45) is 3.53. The van der Waals surface area contributed by atoms with E-state index in [1.807, 2.05) is 0 Å². The minimum Gasteiger partial charge on any atom is -0.309 e. The van der Waals surface area contributed by atoms with Crippen LogP contribution in [0.5, 0.6) is 0 Å². The Bertz CT molecular complexity index is 4250. The van der Waals surface area contributed by atoms with Gasteiger partial charge in [-0.05, 0) is 468 Å². The number of hydrogen-bond acceptors (Lipinski definition) is 2. The molecule has 0 aromatic heterocycles. The van der Waals surface area contributed by atoms with Crippen LogP contribution in [0, 0.1) is 194 Å². The van der Waals surface area contributed by atoms with E-state index in [2.05, 4.69) is 301 Å². The van der Waals surface area contributed by atoms with E-state index >= 15 is 0 Å². The van der Waals surface area contributed by atoms with Crippen molar-refractivity contribution in [3.05, 3.63) is 297 Å². The summed E-state index contributed by atoms with van der Waals surface area (Å²) in [4.78, 5) is 5.31. The van der Waals surface area contributed by atoms with Crippen molar-refractivity contribution in [2.45, 2.75) is 220 Å². The van der Waals surface area contributed by atoms with Gasteiger partial charge >= 0.3 is 0 Å². The van der Waals surface area contributed by atoms with Crippen molar-refractivity contribution < 1.29 is 0 Å². The van der Waals surface area contributed by atoms with Crippen LogP contribution >= 0.6 is 0 Å². The van der Waals surface area contributed by atoms with E-state index in [1.54, 1.807) is 0 Å². The fraction of sp³-hybridized carbons (Fsp3) is 0.340. The molecule has 0 N–H and O–H groups in total. The number of hydrogen-bond donors (Lipinski definition) is 0. The Kier molecular flexibility index (Phi) is 18.8. The third-order valence-corrected chi connectivity index (χ3v) is 25.7. The molecule has 0 aliphatic heterocycles. The molecule has 96 heavy (non-hydrogen) atoms. The molecule has 2 heteroatoms. The van der Waals surface area contributed by atoms with Gasteiger partial charge in [-0.25, -0.2) is 0 Å². The topological polar surface area (TPSA) is 6.48 Å². The lowest BCUT2D eigenvalue weighted by molar-refractivity contribution is 1.06. The van der Waals surface area contributed by atoms with Crippen molar-refractivity contribution in [1.82, 2.24) is 0 Å². The Morgan fingerprint density at radius 1 is 0.156 bits per heavy atom. The van der Waals surface area contributed by atoms with Gasteiger partial charge in [-0.2, -0.15) is 0 Å². The van der Waals surface area contributed by atoms with E-state index in [9.17, 15) is 0 Å². The third-order valence-electron chi connectivity index (χ3n) is 25.7. The number of fused-ring (bicyclic) bond motifs is 2. The molecule has 0 amide bonds. The summed E-state index contributed by atoms with van der Waals surface area (Å²) in [5, 5.41) is 5.15. The molecule has 0 atom stereocenters. The molecule has 2 nitrogen and oxygen atoms in total. The smallest absolute Gasteiger partial charge is 0.0625 e. The van der Waals surface area contributed by atoms with Crippen LogP contribution in [0.1, 0.15) is 200 Å². The molecule has 0 unspecified atom stereocenters. The van der Waals surface area contributed by atoms with Crippen LogP contribution in [0.4, 0.5) is 34.1 Å². The average molecular weight is 1270 g/mol. The maximum absolute atomic E-state index is 2.66. The number of anilines is 6. The van der Waals surface area contributed by atoms with Gasteiger partial charge in [-0.1, -0.05) is 48.5 Å². The number of aryl methyl sites for hydroxylation is 4. The number of nitrogens with zero attached hydrogens (tertiary/aromatic N) is 2. The summed E-state index contributed by atoms with van der Waals surface area (Å²) >= 11 is 0. The molecule has 0 bridgehead atoms. The minimum atomic E-state index is 0.881. The van der Waals surface area contributed by atoms with Crippen LogP contribution < -0.4 is 9.80 Å². The second-order valence-electron chi connectivity index (χ2n) is 29.7. The Hall–Kier alpha value is -8.46. The first-order valence-electron chi connectivity index (χ1n) is 35.5. The zero-order chi connectivity index (χ0) is 69.9. The van der Waals surface area contributed by atoms with Crippen LogP contribution in [0.15, 0.2) is 97.1 Å². The lowest BCUT2D eigenvalue weighted by Gasteiger charge is -2.36. The van der Waals surface area contributed by atoms with Crippen LogP contribution in [0.25, 0.3) is 21.5 Å². The molecule has 0 aliphatic rings. The highest BCUT2D eigenvalue weighted by molar-refractivity contribution is 6.27. The molecule has 0 aliphatic carbocycles. The minimum absolute atomic E-state index is 0.881. The van der Waals surface area contributed by atoms with E-state index < -0.39 is 0 Å². The summed E-state index contributed by atoms with van der Waals surface area (Å²) in [6, 6.07) is 38.7. The van der Waals surface area contributed by atoms with Gasteiger partial charge in [0.1, 0.15) is 0 Å². The molecule has 494 valence electrons. The van der Waals surface area contributed by atoms with Crippen molar-refractivity contribution >= 4 is 55.7 Å². The second-order valence-corrected chi connectivity index (χ2v) is 29.7. The monoisotopic (exact) mass is 1260 g/mol. The van der Waals surface area contributed by atoms with Crippen molar-refractivity contribution in [1.29, 1.82) is 0 Å². The second kappa shape index (κ2) is 26.2. The Morgan fingerprint density at radius 2 is 0.281 bits per heavy atom. The van der Waals surface area contributed by atoms with Crippen LogP contribution in [-0.2, 0) is 25.7 Å². The van der Waals surface area contributed by atoms with Gasteiger partial charge in [0.15, 0.2) is 0 Å². The highest BCUT2D eigenvalue weighted by Gasteiger charge is 2.32. The first-order valence-corrected chi connectivity index (χ1v) is 35.5. The van der Waals surface area contributed by atoms with E-state index in [0.29, 0.717) is 0 Å². The number of rotatable bonds is 14. The van der Waals surface area contributed by atoms with Crippen LogP contribution in [0.3, 0.4) is 0 Å². The molecular formula is C94H108N2. The predicted octanol–water partition coefficient (Wildman–Crippen LogP) is 25.9. The molecular weight excluding hydrogens is 1160 g/mol. The molecule has 11 rings (SSSR count). The summed E-state index contributed by atoms with van der Waals surface area (Å²) in [5.41, 5.74) is 56.8.